The maximum Gasteiger partial charge on any atom is 0.416 e. The largest absolute Gasteiger partial charge is 0.486 e. The van der Waals surface area contributed by atoms with E-state index in [1.54, 1.807) is 24.3 Å². The van der Waals surface area contributed by atoms with Crippen molar-refractivity contribution in [1.82, 2.24) is 10.2 Å². The molecule has 1 aliphatic heterocycles. The molecule has 0 fully saturated rings. The molecule has 0 bridgehead atoms. The highest BCUT2D eigenvalue weighted by molar-refractivity contribution is 5.97. The van der Waals surface area contributed by atoms with Crippen LogP contribution in [0, 0.1) is 5.92 Å². The second-order valence-corrected chi connectivity index (χ2v) is 9.94. The summed E-state index contributed by atoms with van der Waals surface area (Å²) in [6.07, 6.45) is -4.51. The number of fused-ring (bicyclic) bond motifs is 3. The Morgan fingerprint density at radius 3 is 2.42 bits per heavy atom. The normalized spacial score (nSPS) is 22.3. The lowest BCUT2D eigenvalue weighted by atomic mass is 9.77. The van der Waals surface area contributed by atoms with Gasteiger partial charge in [0.15, 0.2) is 0 Å². The number of halogens is 3. The van der Waals surface area contributed by atoms with Crippen molar-refractivity contribution in [2.24, 2.45) is 5.92 Å². The van der Waals surface area contributed by atoms with Crippen LogP contribution in [0.1, 0.15) is 47.7 Å². The summed E-state index contributed by atoms with van der Waals surface area (Å²) in [5.41, 5.74) is 0.177. The number of para-hydroxylation sites is 1. The molecule has 0 spiro atoms. The molecule has 0 radical (unpaired) electrons. The van der Waals surface area contributed by atoms with Crippen LogP contribution in [0.15, 0.2) is 60.2 Å². The molecule has 7 nitrogen and oxygen atoms in total. The van der Waals surface area contributed by atoms with Crippen LogP contribution < -0.4 is 10.1 Å². The van der Waals surface area contributed by atoms with Gasteiger partial charge in [-0.05, 0) is 48.7 Å². The Labute approximate surface area is 218 Å². The summed E-state index contributed by atoms with van der Waals surface area (Å²) in [6.45, 7) is 3.89. The first kappa shape index (κ1) is 27.7. The van der Waals surface area contributed by atoms with Gasteiger partial charge in [-0.2, -0.15) is 13.2 Å². The van der Waals surface area contributed by atoms with Gasteiger partial charge in [0.25, 0.3) is 5.91 Å². The van der Waals surface area contributed by atoms with Gasteiger partial charge in [0, 0.05) is 29.8 Å². The maximum atomic E-state index is 13.7. The number of hydrogen-bond acceptors (Lipinski definition) is 5. The lowest BCUT2D eigenvalue weighted by Gasteiger charge is -2.41. The zero-order chi connectivity index (χ0) is 27.6. The minimum Gasteiger partial charge on any atom is -0.486 e. The summed E-state index contributed by atoms with van der Waals surface area (Å²) in [5.74, 6) is -0.911. The molecule has 0 aromatic heterocycles. The minimum absolute atomic E-state index is 0.0187. The van der Waals surface area contributed by atoms with Gasteiger partial charge < -0.3 is 25.2 Å². The number of hydrogen-bond donors (Lipinski definition) is 3. The maximum absolute atomic E-state index is 13.7. The molecule has 4 atom stereocenters. The number of rotatable bonds is 8. The van der Waals surface area contributed by atoms with Crippen LogP contribution >= 0.6 is 0 Å². The Bertz CT molecular complexity index is 1200. The Kier molecular flexibility index (Phi) is 8.13. The number of carbonyl (C=O) groups excluding carboxylic acids is 2. The van der Waals surface area contributed by atoms with E-state index in [1.807, 2.05) is 19.9 Å². The molecule has 1 aliphatic carbocycles. The molecule has 4 unspecified atom stereocenters. The van der Waals surface area contributed by atoms with Crippen molar-refractivity contribution in [2.45, 2.75) is 50.6 Å². The van der Waals surface area contributed by atoms with E-state index >= 15 is 0 Å². The zero-order valence-corrected chi connectivity index (χ0v) is 21.1. The molecule has 204 valence electrons. The summed E-state index contributed by atoms with van der Waals surface area (Å²) in [6, 6.07) is 10.1. The number of amides is 2. The van der Waals surface area contributed by atoms with Crippen molar-refractivity contribution in [3.63, 3.8) is 0 Å². The Morgan fingerprint density at radius 2 is 1.79 bits per heavy atom. The highest BCUT2D eigenvalue weighted by Gasteiger charge is 2.50. The first-order valence-corrected chi connectivity index (χ1v) is 12.6. The standard InChI is InChI=1S/C28H31F3N2O5/c1-16(2)11-13-33(27(37)17-7-9-18(10-8-17)28(29,30)31)21-15-20(26(36)32-12-14-34)23-19-5-3-4-6-22(19)38-25(23)24(21)35/h3-10,15-16,21,23-25,34-35H,11-14H2,1-2H3,(H,32,36). The molecule has 0 saturated carbocycles. The summed E-state index contributed by atoms with van der Waals surface area (Å²) < 4.78 is 45.3. The van der Waals surface area contributed by atoms with E-state index in [-0.39, 0.29) is 31.2 Å². The average Bonchev–Trinajstić information content (AvgIpc) is 3.28. The van der Waals surface area contributed by atoms with E-state index in [9.17, 15) is 33.0 Å². The fraction of sp³-hybridized carbons (Fsp3) is 0.429. The summed E-state index contributed by atoms with van der Waals surface area (Å²) in [4.78, 5) is 28.2. The predicted molar refractivity (Wildman–Crippen MR) is 134 cm³/mol. The number of nitrogens with zero attached hydrogens (tertiary/aromatic N) is 1. The second-order valence-electron chi connectivity index (χ2n) is 9.94. The van der Waals surface area contributed by atoms with Crippen LogP contribution in [-0.4, -0.2) is 64.9 Å². The molecule has 0 saturated heterocycles. The van der Waals surface area contributed by atoms with Gasteiger partial charge >= 0.3 is 6.18 Å². The third-order valence-corrected chi connectivity index (χ3v) is 6.90. The van der Waals surface area contributed by atoms with Crippen LogP contribution in [0.3, 0.4) is 0 Å². The number of ether oxygens (including phenoxy) is 1. The van der Waals surface area contributed by atoms with E-state index in [4.69, 9.17) is 4.74 Å². The fourth-order valence-electron chi connectivity index (χ4n) is 4.94. The number of nitrogens with one attached hydrogen (secondary N) is 1. The predicted octanol–water partition coefficient (Wildman–Crippen LogP) is 3.52. The van der Waals surface area contributed by atoms with Crippen LogP contribution in [-0.2, 0) is 11.0 Å². The monoisotopic (exact) mass is 532 g/mol. The van der Waals surface area contributed by atoms with E-state index < -0.39 is 47.7 Å². The third kappa shape index (κ3) is 5.56. The average molecular weight is 533 g/mol. The van der Waals surface area contributed by atoms with Gasteiger partial charge in [0.2, 0.25) is 5.91 Å². The van der Waals surface area contributed by atoms with Gasteiger partial charge in [-0.15, -0.1) is 0 Å². The quantitative estimate of drug-likeness (QED) is 0.483. The number of carbonyl (C=O) groups is 2. The lowest BCUT2D eigenvalue weighted by Crippen LogP contribution is -2.56. The van der Waals surface area contributed by atoms with Crippen molar-refractivity contribution < 1.29 is 37.7 Å². The van der Waals surface area contributed by atoms with Gasteiger partial charge in [0.05, 0.1) is 24.1 Å². The van der Waals surface area contributed by atoms with Gasteiger partial charge in [-0.3, -0.25) is 9.59 Å². The Hall–Kier alpha value is -3.37. The topological polar surface area (TPSA) is 99.1 Å². The zero-order valence-electron chi connectivity index (χ0n) is 21.1. The second kappa shape index (κ2) is 11.2. The molecule has 10 heteroatoms. The molecular weight excluding hydrogens is 501 g/mol. The van der Waals surface area contributed by atoms with Crippen molar-refractivity contribution in [1.29, 1.82) is 0 Å². The molecule has 2 aromatic rings. The van der Waals surface area contributed by atoms with Gasteiger partial charge in [-0.25, -0.2) is 0 Å². The van der Waals surface area contributed by atoms with Gasteiger partial charge in [0.1, 0.15) is 18.0 Å². The molecule has 2 amide bonds. The molecule has 3 N–H and O–H groups in total. The highest BCUT2D eigenvalue weighted by atomic mass is 19.4. The van der Waals surface area contributed by atoms with E-state index in [0.717, 1.165) is 29.8 Å². The summed E-state index contributed by atoms with van der Waals surface area (Å²) in [5, 5.41) is 23.3. The Morgan fingerprint density at radius 1 is 1.11 bits per heavy atom. The minimum atomic E-state index is -4.54. The number of aliphatic hydroxyl groups excluding tert-OH is 2. The highest BCUT2D eigenvalue weighted by Crippen LogP contribution is 2.47. The fourth-order valence-corrected chi connectivity index (χ4v) is 4.94. The van der Waals surface area contributed by atoms with Crippen LogP contribution in [0.5, 0.6) is 5.75 Å². The van der Waals surface area contributed by atoms with Gasteiger partial charge in [-0.1, -0.05) is 32.0 Å². The van der Waals surface area contributed by atoms with Crippen molar-refractivity contribution in [3.8, 4) is 5.75 Å². The number of benzene rings is 2. The lowest BCUT2D eigenvalue weighted by molar-refractivity contribution is -0.137. The molecule has 2 aliphatic rings. The van der Waals surface area contributed by atoms with Crippen molar-refractivity contribution >= 4 is 11.8 Å². The van der Waals surface area contributed by atoms with E-state index in [1.165, 1.54) is 4.90 Å². The summed E-state index contributed by atoms with van der Waals surface area (Å²) in [7, 11) is 0. The first-order chi connectivity index (χ1) is 18.0. The smallest absolute Gasteiger partial charge is 0.416 e. The van der Waals surface area contributed by atoms with Crippen LogP contribution in [0.25, 0.3) is 0 Å². The van der Waals surface area contributed by atoms with E-state index in [0.29, 0.717) is 17.7 Å². The third-order valence-electron chi connectivity index (χ3n) is 6.90. The molecule has 4 rings (SSSR count). The van der Waals surface area contributed by atoms with Crippen LogP contribution in [0.4, 0.5) is 13.2 Å². The Balaban J connectivity index is 1.74. The molecule has 38 heavy (non-hydrogen) atoms. The van der Waals surface area contributed by atoms with Crippen molar-refractivity contribution in [3.05, 3.63) is 76.9 Å². The molecular formula is C28H31F3N2O5. The number of alkyl halides is 3. The van der Waals surface area contributed by atoms with Crippen molar-refractivity contribution in [2.75, 3.05) is 19.7 Å². The first-order valence-electron chi connectivity index (χ1n) is 12.6. The summed E-state index contributed by atoms with van der Waals surface area (Å²) >= 11 is 0. The molecule has 1 heterocycles. The molecule has 2 aromatic carbocycles. The SMILES string of the molecule is CC(C)CCN(C(=O)c1ccc(C(F)(F)F)cc1)C1C=C(C(=O)NCCO)C2c3ccccc3OC2C1O. The van der Waals surface area contributed by atoms with E-state index in [2.05, 4.69) is 5.32 Å². The van der Waals surface area contributed by atoms with Crippen LogP contribution in [0.2, 0.25) is 0 Å². The number of aliphatic hydroxyl groups is 2.